The Morgan fingerprint density at radius 2 is 2.11 bits per heavy atom. The molecule has 1 amide bonds. The Hall–Kier alpha value is -2.89. The zero-order valence-corrected chi connectivity index (χ0v) is 9.81. The van der Waals surface area contributed by atoms with Crippen LogP contribution in [-0.2, 0) is 0 Å². The molecule has 0 aliphatic rings. The third kappa shape index (κ3) is 2.11. The number of H-pyrrole nitrogens is 2. The van der Waals surface area contributed by atoms with E-state index in [0.29, 0.717) is 5.56 Å². The van der Waals surface area contributed by atoms with Crippen molar-refractivity contribution in [2.24, 2.45) is 0 Å². The normalized spacial score (nSPS) is 10.5. The summed E-state index contributed by atoms with van der Waals surface area (Å²) in [7, 11) is 0. The molecule has 0 fully saturated rings. The minimum Gasteiger partial charge on any atom is -0.345 e. The minimum atomic E-state index is -0.340. The van der Waals surface area contributed by atoms with Gasteiger partial charge in [-0.15, -0.1) is 0 Å². The second kappa shape index (κ2) is 4.41. The molecule has 0 atom stereocenters. The van der Waals surface area contributed by atoms with Gasteiger partial charge in [0.2, 0.25) is 0 Å². The number of imidazole rings is 1. The minimum absolute atomic E-state index is 0.220. The highest BCUT2D eigenvalue weighted by Gasteiger charge is 2.09. The van der Waals surface area contributed by atoms with E-state index < -0.39 is 0 Å². The maximum Gasteiger partial charge on any atom is 0.271 e. The third-order valence-electron chi connectivity index (χ3n) is 2.75. The summed E-state index contributed by atoms with van der Waals surface area (Å²) in [6, 6.07) is 8.29. The van der Waals surface area contributed by atoms with Gasteiger partial charge < -0.3 is 15.3 Å². The standard InChI is InChI=1S/C13H10N4O2/c18-12(17-10-2-1-5-14-13(10)19)8-3-4-9-11(6-8)16-7-15-9/h1-7H,(H,14,19)(H,15,16)(H,17,18). The summed E-state index contributed by atoms with van der Waals surface area (Å²) in [6.07, 6.45) is 3.07. The Labute approximate surface area is 107 Å². The number of pyridine rings is 1. The number of aromatic amines is 2. The maximum atomic E-state index is 12.0. The fraction of sp³-hybridized carbons (Fsp3) is 0. The Bertz CT molecular complexity index is 803. The average molecular weight is 254 g/mol. The molecule has 6 nitrogen and oxygen atoms in total. The van der Waals surface area contributed by atoms with Crippen molar-refractivity contribution in [1.29, 1.82) is 0 Å². The predicted octanol–water partition coefficient (Wildman–Crippen LogP) is 1.50. The highest BCUT2D eigenvalue weighted by Crippen LogP contribution is 2.12. The third-order valence-corrected chi connectivity index (χ3v) is 2.75. The van der Waals surface area contributed by atoms with E-state index in [9.17, 15) is 9.59 Å². The number of nitrogens with zero attached hydrogens (tertiary/aromatic N) is 1. The molecule has 94 valence electrons. The molecular formula is C13H10N4O2. The molecule has 2 aromatic heterocycles. The van der Waals surface area contributed by atoms with Crippen molar-refractivity contribution in [3.05, 3.63) is 58.8 Å². The van der Waals surface area contributed by atoms with Crippen molar-refractivity contribution in [1.82, 2.24) is 15.0 Å². The largest absolute Gasteiger partial charge is 0.345 e. The van der Waals surface area contributed by atoms with E-state index in [0.717, 1.165) is 11.0 Å². The van der Waals surface area contributed by atoms with Gasteiger partial charge in [-0.1, -0.05) is 0 Å². The maximum absolute atomic E-state index is 12.0. The van der Waals surface area contributed by atoms with Crippen LogP contribution in [0.15, 0.2) is 47.7 Å². The van der Waals surface area contributed by atoms with E-state index >= 15 is 0 Å². The lowest BCUT2D eigenvalue weighted by Gasteiger charge is -2.03. The second-order valence-electron chi connectivity index (χ2n) is 4.00. The summed E-state index contributed by atoms with van der Waals surface area (Å²) in [4.78, 5) is 33.0. The van der Waals surface area contributed by atoms with Gasteiger partial charge in [0, 0.05) is 11.8 Å². The number of hydrogen-bond donors (Lipinski definition) is 3. The van der Waals surface area contributed by atoms with Crippen LogP contribution < -0.4 is 10.9 Å². The SMILES string of the molecule is O=C(Nc1ccc[nH]c1=O)c1ccc2nc[nH]c2c1. The molecule has 19 heavy (non-hydrogen) atoms. The van der Waals surface area contributed by atoms with E-state index in [4.69, 9.17) is 0 Å². The van der Waals surface area contributed by atoms with Crippen LogP contribution in [0.3, 0.4) is 0 Å². The molecule has 0 radical (unpaired) electrons. The number of anilines is 1. The molecule has 6 heteroatoms. The van der Waals surface area contributed by atoms with Crippen molar-refractivity contribution in [2.75, 3.05) is 5.32 Å². The van der Waals surface area contributed by atoms with E-state index in [2.05, 4.69) is 20.3 Å². The van der Waals surface area contributed by atoms with Crippen molar-refractivity contribution < 1.29 is 4.79 Å². The number of fused-ring (bicyclic) bond motifs is 1. The van der Waals surface area contributed by atoms with Crippen molar-refractivity contribution in [3.63, 3.8) is 0 Å². The zero-order valence-electron chi connectivity index (χ0n) is 9.81. The van der Waals surface area contributed by atoms with Gasteiger partial charge >= 0.3 is 0 Å². The van der Waals surface area contributed by atoms with Crippen molar-refractivity contribution >= 4 is 22.6 Å². The molecule has 2 heterocycles. The number of aromatic nitrogens is 3. The molecule has 3 N–H and O–H groups in total. The fourth-order valence-electron chi connectivity index (χ4n) is 1.79. The first kappa shape index (κ1) is 11.2. The molecule has 0 aliphatic carbocycles. The summed E-state index contributed by atoms with van der Waals surface area (Å²) in [6.45, 7) is 0. The molecule has 0 unspecified atom stereocenters. The summed E-state index contributed by atoms with van der Waals surface area (Å²) in [5.41, 5.74) is 1.90. The Morgan fingerprint density at radius 1 is 1.21 bits per heavy atom. The van der Waals surface area contributed by atoms with E-state index in [1.54, 1.807) is 36.7 Å². The zero-order chi connectivity index (χ0) is 13.2. The lowest BCUT2D eigenvalue weighted by molar-refractivity contribution is 0.102. The van der Waals surface area contributed by atoms with Crippen LogP contribution in [0.5, 0.6) is 0 Å². The molecule has 0 bridgehead atoms. The Kier molecular flexibility index (Phi) is 2.60. The van der Waals surface area contributed by atoms with Crippen LogP contribution in [0, 0.1) is 0 Å². The summed E-state index contributed by atoms with van der Waals surface area (Å²) in [5, 5.41) is 2.57. The summed E-state index contributed by atoms with van der Waals surface area (Å²) in [5.74, 6) is -0.340. The van der Waals surface area contributed by atoms with Crippen LogP contribution in [0.4, 0.5) is 5.69 Å². The molecule has 0 spiro atoms. The van der Waals surface area contributed by atoms with Gasteiger partial charge in [-0.2, -0.15) is 0 Å². The van der Waals surface area contributed by atoms with Gasteiger partial charge in [0.15, 0.2) is 0 Å². The van der Waals surface area contributed by atoms with Crippen LogP contribution >= 0.6 is 0 Å². The number of carbonyl (C=O) groups excluding carboxylic acids is 1. The summed E-state index contributed by atoms with van der Waals surface area (Å²) < 4.78 is 0. The molecule has 3 rings (SSSR count). The lowest BCUT2D eigenvalue weighted by atomic mass is 10.2. The topological polar surface area (TPSA) is 90.6 Å². The van der Waals surface area contributed by atoms with Crippen LogP contribution in [0.25, 0.3) is 11.0 Å². The number of amides is 1. The molecule has 0 saturated carbocycles. The molecule has 1 aromatic carbocycles. The number of nitrogens with one attached hydrogen (secondary N) is 3. The van der Waals surface area contributed by atoms with Gasteiger partial charge in [0.05, 0.1) is 17.4 Å². The van der Waals surface area contributed by atoms with Crippen LogP contribution in [-0.4, -0.2) is 20.9 Å². The van der Waals surface area contributed by atoms with E-state index in [1.807, 2.05) is 0 Å². The van der Waals surface area contributed by atoms with Gasteiger partial charge in [0.25, 0.3) is 11.5 Å². The monoisotopic (exact) mass is 254 g/mol. The molecule has 3 aromatic rings. The molecular weight excluding hydrogens is 244 g/mol. The van der Waals surface area contributed by atoms with E-state index in [-0.39, 0.29) is 17.2 Å². The lowest BCUT2D eigenvalue weighted by Crippen LogP contribution is -2.19. The fourth-order valence-corrected chi connectivity index (χ4v) is 1.79. The first-order valence-corrected chi connectivity index (χ1v) is 5.66. The van der Waals surface area contributed by atoms with Gasteiger partial charge in [-0.3, -0.25) is 9.59 Å². The number of benzene rings is 1. The summed E-state index contributed by atoms with van der Waals surface area (Å²) >= 11 is 0. The number of carbonyl (C=O) groups is 1. The van der Waals surface area contributed by atoms with Crippen molar-refractivity contribution in [2.45, 2.75) is 0 Å². The Balaban J connectivity index is 1.91. The smallest absolute Gasteiger partial charge is 0.271 e. The first-order chi connectivity index (χ1) is 9.24. The van der Waals surface area contributed by atoms with Gasteiger partial charge in [-0.25, -0.2) is 4.98 Å². The van der Waals surface area contributed by atoms with Crippen LogP contribution in [0.2, 0.25) is 0 Å². The highest BCUT2D eigenvalue weighted by atomic mass is 16.2. The van der Waals surface area contributed by atoms with Crippen molar-refractivity contribution in [3.8, 4) is 0 Å². The first-order valence-electron chi connectivity index (χ1n) is 5.66. The molecule has 0 aliphatic heterocycles. The average Bonchev–Trinajstić information content (AvgIpc) is 2.88. The number of hydrogen-bond acceptors (Lipinski definition) is 3. The van der Waals surface area contributed by atoms with Gasteiger partial charge in [-0.05, 0) is 30.3 Å². The molecule has 0 saturated heterocycles. The predicted molar refractivity (Wildman–Crippen MR) is 71.1 cm³/mol. The Morgan fingerprint density at radius 3 is 2.95 bits per heavy atom. The highest BCUT2D eigenvalue weighted by molar-refractivity contribution is 6.05. The van der Waals surface area contributed by atoms with Gasteiger partial charge in [0.1, 0.15) is 5.69 Å². The van der Waals surface area contributed by atoms with Crippen LogP contribution in [0.1, 0.15) is 10.4 Å². The number of rotatable bonds is 2. The van der Waals surface area contributed by atoms with E-state index in [1.165, 1.54) is 6.20 Å². The second-order valence-corrected chi connectivity index (χ2v) is 4.00. The quantitative estimate of drug-likeness (QED) is 0.647.